The van der Waals surface area contributed by atoms with Crippen LogP contribution in [-0.4, -0.2) is 51.6 Å². The van der Waals surface area contributed by atoms with E-state index in [1.54, 1.807) is 4.90 Å². The van der Waals surface area contributed by atoms with Crippen LogP contribution in [0, 0.1) is 11.8 Å². The molecule has 4 atom stereocenters. The number of nitrogens with zero attached hydrogens (tertiary/aromatic N) is 1. The van der Waals surface area contributed by atoms with Gasteiger partial charge in [0.05, 0.1) is 44.9 Å². The summed E-state index contributed by atoms with van der Waals surface area (Å²) in [5, 5.41) is -0.0376. The Hall–Kier alpha value is -3.46. The van der Waals surface area contributed by atoms with Gasteiger partial charge >= 0.3 is 12.1 Å². The Kier molecular flexibility index (Phi) is 10.8. The minimum absolute atomic E-state index is 0.0376. The molecule has 0 unspecified atom stereocenters. The minimum atomic E-state index is -2.22. The zero-order chi connectivity index (χ0) is 31.0. The monoisotopic (exact) mass is 603 g/mol. The van der Waals surface area contributed by atoms with Gasteiger partial charge in [-0.25, -0.2) is 4.79 Å². The summed E-state index contributed by atoms with van der Waals surface area (Å²) in [6.45, 7) is 11.9. The molecule has 1 fully saturated rings. The third-order valence-electron chi connectivity index (χ3n) is 8.83. The van der Waals surface area contributed by atoms with Crippen molar-refractivity contribution >= 4 is 20.4 Å². The first-order valence-electron chi connectivity index (χ1n) is 14.9. The van der Waals surface area contributed by atoms with Crippen molar-refractivity contribution in [3.05, 3.63) is 108 Å². The van der Waals surface area contributed by atoms with Crippen LogP contribution in [0.15, 0.2) is 91.0 Å². The molecule has 0 bridgehead atoms. The highest BCUT2D eigenvalue weighted by molar-refractivity contribution is 6.74. The van der Waals surface area contributed by atoms with Gasteiger partial charge < -0.3 is 18.6 Å². The number of ether oxygens (including phenoxy) is 3. The van der Waals surface area contributed by atoms with Gasteiger partial charge in [-0.05, 0) is 34.8 Å². The normalized spacial score (nSPS) is 20.6. The average molecular weight is 604 g/mol. The van der Waals surface area contributed by atoms with E-state index >= 15 is 0 Å². The Labute approximate surface area is 257 Å². The lowest BCUT2D eigenvalue weighted by Gasteiger charge is -2.39. The van der Waals surface area contributed by atoms with Crippen LogP contribution in [0.3, 0.4) is 0 Å². The number of rotatable bonds is 11. The molecule has 7 nitrogen and oxygen atoms in total. The molecule has 43 heavy (non-hydrogen) atoms. The molecule has 0 aliphatic carbocycles. The Morgan fingerprint density at radius 1 is 0.791 bits per heavy atom. The molecule has 1 heterocycles. The highest BCUT2D eigenvalue weighted by Crippen LogP contribution is 2.47. The van der Waals surface area contributed by atoms with Gasteiger partial charge in [0.15, 0.2) is 8.32 Å². The second-order valence-electron chi connectivity index (χ2n) is 12.7. The highest BCUT2D eigenvalue weighted by Gasteiger charge is 2.56. The summed E-state index contributed by atoms with van der Waals surface area (Å²) >= 11 is 0. The summed E-state index contributed by atoms with van der Waals surface area (Å²) in [4.78, 5) is 29.4. The summed E-state index contributed by atoms with van der Waals surface area (Å²) in [7, 11) is -0.823. The molecule has 3 aromatic rings. The van der Waals surface area contributed by atoms with E-state index in [9.17, 15) is 9.59 Å². The maximum atomic E-state index is 14.1. The van der Waals surface area contributed by atoms with Gasteiger partial charge in [0, 0.05) is 5.92 Å². The van der Waals surface area contributed by atoms with Gasteiger partial charge in [-0.1, -0.05) is 112 Å². The van der Waals surface area contributed by atoms with E-state index in [4.69, 9.17) is 18.6 Å². The van der Waals surface area contributed by atoms with Crippen LogP contribution in [0.2, 0.25) is 18.1 Å². The number of carbonyl (C=O) groups excluding carboxylic acids is 2. The molecular formula is C35H45NO6Si. The number of hydrogen-bond donors (Lipinski definition) is 0. The van der Waals surface area contributed by atoms with Crippen molar-refractivity contribution in [3.63, 3.8) is 0 Å². The molecule has 0 radical (unpaired) electrons. The Bertz CT molecular complexity index is 1310. The number of esters is 1. The van der Waals surface area contributed by atoms with Gasteiger partial charge in [-0.15, -0.1) is 0 Å². The van der Waals surface area contributed by atoms with Gasteiger partial charge in [0.25, 0.3) is 0 Å². The van der Waals surface area contributed by atoms with Crippen molar-refractivity contribution in [1.82, 2.24) is 4.90 Å². The summed E-state index contributed by atoms with van der Waals surface area (Å²) in [5.41, 5.74) is 2.74. The molecule has 4 rings (SSSR count). The van der Waals surface area contributed by atoms with Gasteiger partial charge in [-0.3, -0.25) is 9.69 Å². The molecule has 1 amide bonds. The quantitative estimate of drug-likeness (QED) is 0.168. The predicted molar refractivity (Wildman–Crippen MR) is 170 cm³/mol. The summed E-state index contributed by atoms with van der Waals surface area (Å²) in [6.07, 6.45) is -0.499. The zero-order valence-corrected chi connectivity index (χ0v) is 27.2. The predicted octanol–water partition coefficient (Wildman–Crippen LogP) is 7.39. The van der Waals surface area contributed by atoms with Crippen molar-refractivity contribution in [3.8, 4) is 0 Å². The molecule has 1 aliphatic heterocycles. The second kappa shape index (κ2) is 14.3. The fourth-order valence-electron chi connectivity index (χ4n) is 5.38. The van der Waals surface area contributed by atoms with Crippen molar-refractivity contribution in [2.45, 2.75) is 64.2 Å². The molecule has 0 saturated carbocycles. The van der Waals surface area contributed by atoms with Crippen LogP contribution in [0.1, 0.15) is 43.5 Å². The van der Waals surface area contributed by atoms with Gasteiger partial charge in [0.2, 0.25) is 0 Å². The number of hydrogen-bond acceptors (Lipinski definition) is 6. The van der Waals surface area contributed by atoms with Crippen molar-refractivity contribution in [2.75, 3.05) is 20.3 Å². The van der Waals surface area contributed by atoms with E-state index in [2.05, 4.69) is 33.9 Å². The maximum absolute atomic E-state index is 14.1. The lowest BCUT2D eigenvalue weighted by molar-refractivity contribution is -0.148. The maximum Gasteiger partial charge on any atom is 0.410 e. The Balaban J connectivity index is 1.73. The zero-order valence-electron chi connectivity index (χ0n) is 26.2. The molecule has 8 heteroatoms. The third-order valence-corrected chi connectivity index (χ3v) is 13.3. The van der Waals surface area contributed by atoms with Gasteiger partial charge in [-0.2, -0.15) is 0 Å². The lowest BCUT2D eigenvalue weighted by atomic mass is 9.85. The van der Waals surface area contributed by atoms with Crippen LogP contribution < -0.4 is 0 Å². The summed E-state index contributed by atoms with van der Waals surface area (Å²) in [5.74, 6) is -1.46. The van der Waals surface area contributed by atoms with Crippen LogP contribution in [0.25, 0.3) is 0 Å². The van der Waals surface area contributed by atoms with Crippen LogP contribution >= 0.6 is 0 Å². The minimum Gasteiger partial charge on any atom is -0.469 e. The van der Waals surface area contributed by atoms with E-state index in [1.165, 1.54) is 7.11 Å². The van der Waals surface area contributed by atoms with Crippen molar-refractivity contribution in [2.24, 2.45) is 11.8 Å². The second-order valence-corrected chi connectivity index (χ2v) is 17.5. The van der Waals surface area contributed by atoms with Crippen LogP contribution in [0.4, 0.5) is 4.79 Å². The fraction of sp³-hybridized carbons (Fsp3) is 0.429. The molecule has 1 aliphatic rings. The molecule has 0 N–H and O–H groups in total. The molecule has 0 spiro atoms. The van der Waals surface area contributed by atoms with E-state index in [0.29, 0.717) is 6.61 Å². The molecular weight excluding hydrogens is 558 g/mol. The smallest absolute Gasteiger partial charge is 0.410 e. The van der Waals surface area contributed by atoms with E-state index in [-0.39, 0.29) is 24.9 Å². The largest absolute Gasteiger partial charge is 0.469 e. The lowest BCUT2D eigenvalue weighted by Crippen LogP contribution is -2.48. The Morgan fingerprint density at radius 2 is 1.33 bits per heavy atom. The third kappa shape index (κ3) is 7.93. The fourth-order valence-corrected chi connectivity index (χ4v) is 6.40. The van der Waals surface area contributed by atoms with E-state index < -0.39 is 44.3 Å². The standard InChI is InChI=1S/C35H45NO6Si/c1-35(2,3)43(5,6)42-25-30-29(24-40-22-26-16-10-7-11-17-26)31(33(37)39-4)32(28-20-14-9-15-21-28)36(30)34(38)41-23-27-18-12-8-13-19-27/h7-21,29-32H,22-25H2,1-6H3/t29-,30-,31-,32+/m1/s1. The first kappa shape index (κ1) is 32.5. The summed E-state index contributed by atoms with van der Waals surface area (Å²) < 4.78 is 24.3. The first-order chi connectivity index (χ1) is 20.5. The van der Waals surface area contributed by atoms with E-state index in [1.807, 2.05) is 91.0 Å². The summed E-state index contributed by atoms with van der Waals surface area (Å²) in [6, 6.07) is 28.0. The first-order valence-corrected chi connectivity index (χ1v) is 17.8. The van der Waals surface area contributed by atoms with Crippen molar-refractivity contribution in [1.29, 1.82) is 0 Å². The highest BCUT2D eigenvalue weighted by atomic mass is 28.4. The SMILES string of the molecule is COC(=O)[C@@H]1[C@H](COCc2ccccc2)[C@@H](CO[Si](C)(C)C(C)(C)C)N(C(=O)OCc2ccccc2)[C@H]1c1ccccc1. The van der Waals surface area contributed by atoms with E-state index in [0.717, 1.165) is 16.7 Å². The Morgan fingerprint density at radius 3 is 1.86 bits per heavy atom. The molecule has 3 aromatic carbocycles. The number of methoxy groups -OCH3 is 1. The topological polar surface area (TPSA) is 74.3 Å². The number of benzene rings is 3. The molecule has 1 saturated heterocycles. The number of carbonyl (C=O) groups is 2. The van der Waals surface area contributed by atoms with Crippen LogP contribution in [-0.2, 0) is 36.6 Å². The van der Waals surface area contributed by atoms with Crippen molar-refractivity contribution < 1.29 is 28.2 Å². The number of likely N-dealkylation sites (tertiary alicyclic amines) is 1. The number of amides is 1. The average Bonchev–Trinajstić information content (AvgIpc) is 3.33. The van der Waals surface area contributed by atoms with Crippen LogP contribution in [0.5, 0.6) is 0 Å². The van der Waals surface area contributed by atoms with Gasteiger partial charge in [0.1, 0.15) is 6.61 Å². The molecule has 230 valence electrons. The molecule has 0 aromatic heterocycles.